The van der Waals surface area contributed by atoms with Gasteiger partial charge in [-0.3, -0.25) is 9.36 Å². The summed E-state index contributed by atoms with van der Waals surface area (Å²) in [6.07, 6.45) is -1.25. The SMILES string of the molecule is COc1ccc(C(OCC2OC(n3cc(/C=C/CNC(=O)C(F)(F)F)c(N=CN(C)C)nc3=O)CC2OC(C)(C)C)(c2ccccc2)c2ccc(OC)cc2)cc1. The van der Waals surface area contributed by atoms with Crippen LogP contribution >= 0.6 is 0 Å². The first-order chi connectivity index (χ1) is 27.0. The third-order valence-corrected chi connectivity index (χ3v) is 8.94. The predicted octanol–water partition coefficient (Wildman–Crippen LogP) is 6.65. The minimum Gasteiger partial charge on any atom is -0.497 e. The van der Waals surface area contributed by atoms with E-state index < -0.39 is 54.0 Å². The third-order valence-electron chi connectivity index (χ3n) is 8.94. The Morgan fingerprint density at radius 3 is 2.05 bits per heavy atom. The molecule has 2 heterocycles. The quantitative estimate of drug-likeness (QED) is 0.0801. The van der Waals surface area contributed by atoms with E-state index in [2.05, 4.69) is 9.98 Å². The molecule has 1 saturated heterocycles. The van der Waals surface area contributed by atoms with Crippen LogP contribution in [0.3, 0.4) is 0 Å². The zero-order chi connectivity index (χ0) is 41.4. The summed E-state index contributed by atoms with van der Waals surface area (Å²) in [7, 11) is 6.66. The van der Waals surface area contributed by atoms with E-state index in [9.17, 15) is 22.8 Å². The van der Waals surface area contributed by atoms with Crippen molar-refractivity contribution in [1.82, 2.24) is 19.8 Å². The molecule has 304 valence electrons. The second-order valence-corrected chi connectivity index (χ2v) is 14.5. The molecule has 5 rings (SSSR count). The molecule has 1 aromatic heterocycles. The Labute approximate surface area is 329 Å². The first-order valence-electron chi connectivity index (χ1n) is 18.2. The summed E-state index contributed by atoms with van der Waals surface area (Å²) in [5.41, 5.74) is 0.357. The number of rotatable bonds is 15. The van der Waals surface area contributed by atoms with Crippen molar-refractivity contribution in [3.05, 3.63) is 124 Å². The van der Waals surface area contributed by atoms with Gasteiger partial charge >= 0.3 is 17.8 Å². The van der Waals surface area contributed by atoms with Crippen LogP contribution in [0.1, 0.15) is 55.7 Å². The molecule has 1 fully saturated rings. The number of aromatic nitrogens is 2. The Kier molecular flexibility index (Phi) is 13.6. The van der Waals surface area contributed by atoms with Crippen LogP contribution in [0.15, 0.2) is 101 Å². The lowest BCUT2D eigenvalue weighted by atomic mass is 9.80. The molecule has 0 saturated carbocycles. The fourth-order valence-electron chi connectivity index (χ4n) is 6.39. The number of benzene rings is 3. The van der Waals surface area contributed by atoms with Crippen molar-refractivity contribution < 1.29 is 41.7 Å². The Morgan fingerprint density at radius 2 is 1.53 bits per heavy atom. The van der Waals surface area contributed by atoms with E-state index in [1.165, 1.54) is 29.3 Å². The van der Waals surface area contributed by atoms with Gasteiger partial charge < -0.3 is 33.9 Å². The largest absolute Gasteiger partial charge is 0.497 e. The lowest BCUT2D eigenvalue weighted by Gasteiger charge is -2.37. The highest BCUT2D eigenvalue weighted by Gasteiger charge is 2.44. The number of halogens is 3. The number of carbonyl (C=O) groups is 1. The van der Waals surface area contributed by atoms with E-state index in [0.717, 1.165) is 16.7 Å². The van der Waals surface area contributed by atoms with Crippen LogP contribution in [0, 0.1) is 0 Å². The van der Waals surface area contributed by atoms with Gasteiger partial charge in [-0.15, -0.1) is 0 Å². The van der Waals surface area contributed by atoms with E-state index in [0.29, 0.717) is 17.1 Å². The van der Waals surface area contributed by atoms with Gasteiger partial charge in [0.2, 0.25) is 0 Å². The summed E-state index contributed by atoms with van der Waals surface area (Å²) in [6, 6.07) is 25.1. The molecule has 57 heavy (non-hydrogen) atoms. The van der Waals surface area contributed by atoms with Crippen LogP contribution in [-0.2, 0) is 24.6 Å². The van der Waals surface area contributed by atoms with Crippen molar-refractivity contribution in [2.75, 3.05) is 41.5 Å². The zero-order valence-electron chi connectivity index (χ0n) is 32.9. The van der Waals surface area contributed by atoms with Crippen LogP contribution in [-0.4, -0.2) is 92.1 Å². The van der Waals surface area contributed by atoms with Gasteiger partial charge in [0.25, 0.3) is 0 Å². The van der Waals surface area contributed by atoms with E-state index in [-0.39, 0.29) is 18.8 Å². The Balaban J connectivity index is 1.54. The van der Waals surface area contributed by atoms with Gasteiger partial charge in [0.15, 0.2) is 5.82 Å². The van der Waals surface area contributed by atoms with Crippen molar-refractivity contribution in [3.8, 4) is 11.5 Å². The third kappa shape index (κ3) is 10.7. The zero-order valence-corrected chi connectivity index (χ0v) is 32.9. The van der Waals surface area contributed by atoms with Gasteiger partial charge in [0.05, 0.1) is 38.9 Å². The standard InChI is InChI=1S/C42H48F3N5O7/c1-40(2,3)57-34-24-36(50-25-28(12-11-23-46-38(51)42(43,44)45)37(48-39(50)52)47-27-49(4)5)56-35(34)26-55-41(29-13-9-8-10-14-29,30-15-19-32(53-6)20-16-30)31-17-21-33(54-7)22-18-31/h8-22,25,27,34-36H,23-24,26H2,1-7H3,(H,46,51)/b12-11+,47-27?. The fourth-order valence-corrected chi connectivity index (χ4v) is 6.39. The number of amides is 1. The number of alkyl halides is 3. The topological polar surface area (TPSA) is 126 Å². The number of methoxy groups -OCH3 is 2. The molecule has 0 spiro atoms. The highest BCUT2D eigenvalue weighted by molar-refractivity contribution is 5.81. The van der Waals surface area contributed by atoms with Crippen LogP contribution in [0.5, 0.6) is 11.5 Å². The second kappa shape index (κ2) is 18.2. The highest BCUT2D eigenvalue weighted by Crippen LogP contribution is 2.43. The number of hydrogen-bond acceptors (Lipinski definition) is 9. The van der Waals surface area contributed by atoms with E-state index in [4.69, 9.17) is 23.7 Å². The van der Waals surface area contributed by atoms with E-state index in [1.807, 2.05) is 99.6 Å². The van der Waals surface area contributed by atoms with Crippen molar-refractivity contribution >= 4 is 24.1 Å². The average molecular weight is 792 g/mol. The number of nitrogens with one attached hydrogen (secondary N) is 1. The molecule has 1 amide bonds. The lowest BCUT2D eigenvalue weighted by molar-refractivity contribution is -0.173. The Hall–Kier alpha value is -5.51. The number of aliphatic imine (C=N–C) groups is 1. The molecule has 4 aromatic rings. The Bertz CT molecular complexity index is 2020. The maximum atomic E-state index is 13.6. The van der Waals surface area contributed by atoms with Gasteiger partial charge in [0, 0.05) is 38.8 Å². The fraction of sp³-hybridized carbons (Fsp3) is 0.381. The number of nitrogens with zero attached hydrogens (tertiary/aromatic N) is 4. The first-order valence-corrected chi connectivity index (χ1v) is 18.2. The molecule has 3 aromatic carbocycles. The lowest BCUT2D eigenvalue weighted by Crippen LogP contribution is -2.40. The predicted molar refractivity (Wildman–Crippen MR) is 210 cm³/mol. The van der Waals surface area contributed by atoms with Gasteiger partial charge in [-0.1, -0.05) is 66.7 Å². The Morgan fingerprint density at radius 1 is 0.947 bits per heavy atom. The van der Waals surface area contributed by atoms with Crippen LogP contribution in [0.4, 0.5) is 19.0 Å². The summed E-state index contributed by atoms with van der Waals surface area (Å²) in [6.45, 7) is 5.36. The highest BCUT2D eigenvalue weighted by atomic mass is 19.4. The van der Waals surface area contributed by atoms with Crippen molar-refractivity contribution in [1.29, 1.82) is 0 Å². The molecule has 3 unspecified atom stereocenters. The summed E-state index contributed by atoms with van der Waals surface area (Å²) >= 11 is 0. The molecular weight excluding hydrogens is 743 g/mol. The maximum Gasteiger partial charge on any atom is 0.471 e. The first kappa shape index (κ1) is 42.6. The van der Waals surface area contributed by atoms with Gasteiger partial charge in [-0.2, -0.15) is 18.2 Å². The molecular formula is C42H48F3N5O7. The van der Waals surface area contributed by atoms with Crippen molar-refractivity contribution in [3.63, 3.8) is 0 Å². The van der Waals surface area contributed by atoms with Crippen LogP contribution < -0.4 is 20.5 Å². The summed E-state index contributed by atoms with van der Waals surface area (Å²) < 4.78 is 70.9. The molecule has 0 radical (unpaired) electrons. The summed E-state index contributed by atoms with van der Waals surface area (Å²) in [5, 5.41) is 1.80. The maximum absolute atomic E-state index is 13.6. The minimum absolute atomic E-state index is 0.0171. The van der Waals surface area contributed by atoms with Gasteiger partial charge in [-0.05, 0) is 61.7 Å². The van der Waals surface area contributed by atoms with Gasteiger partial charge in [0.1, 0.15) is 29.4 Å². The minimum atomic E-state index is -5.03. The van der Waals surface area contributed by atoms with E-state index in [1.54, 1.807) is 38.5 Å². The number of ether oxygens (including phenoxy) is 5. The molecule has 1 aliphatic rings. The van der Waals surface area contributed by atoms with Crippen molar-refractivity contribution in [2.45, 2.75) is 63.0 Å². The second-order valence-electron chi connectivity index (χ2n) is 14.5. The molecule has 1 aliphatic heterocycles. The summed E-state index contributed by atoms with van der Waals surface area (Å²) in [5.74, 6) is -0.702. The number of carbonyl (C=O) groups excluding carboxylic acids is 1. The molecule has 12 nitrogen and oxygen atoms in total. The van der Waals surface area contributed by atoms with E-state index >= 15 is 0 Å². The number of hydrogen-bond donors (Lipinski definition) is 1. The molecule has 0 bridgehead atoms. The monoisotopic (exact) mass is 791 g/mol. The van der Waals surface area contributed by atoms with Crippen LogP contribution in [0.2, 0.25) is 0 Å². The summed E-state index contributed by atoms with van der Waals surface area (Å²) in [4.78, 5) is 35.1. The molecule has 3 atom stereocenters. The molecule has 1 N–H and O–H groups in total. The van der Waals surface area contributed by atoms with Gasteiger partial charge in [-0.25, -0.2) is 9.79 Å². The molecule has 15 heteroatoms. The normalized spacial score (nSPS) is 17.6. The van der Waals surface area contributed by atoms with Crippen LogP contribution in [0.25, 0.3) is 6.08 Å². The average Bonchev–Trinajstić information content (AvgIpc) is 3.57. The van der Waals surface area contributed by atoms with Crippen molar-refractivity contribution in [2.24, 2.45) is 4.99 Å². The smallest absolute Gasteiger partial charge is 0.471 e. The molecule has 0 aliphatic carbocycles.